The molecule has 0 unspecified atom stereocenters. The molecular formula is C21H15N5O5. The molecule has 3 aromatic carbocycles. The maximum atomic E-state index is 11.3. The summed E-state index contributed by atoms with van der Waals surface area (Å²) in [4.78, 5) is 20.7. The topological polar surface area (TPSA) is 136 Å². The van der Waals surface area contributed by atoms with Crippen molar-refractivity contribution in [3.8, 4) is 5.88 Å². The third-order valence-electron chi connectivity index (χ3n) is 4.73. The highest BCUT2D eigenvalue weighted by atomic mass is 16.6. The zero-order valence-corrected chi connectivity index (χ0v) is 16.0. The third-order valence-corrected chi connectivity index (χ3v) is 4.73. The van der Waals surface area contributed by atoms with Crippen LogP contribution in [0, 0.1) is 20.2 Å². The molecule has 10 nitrogen and oxygen atoms in total. The van der Waals surface area contributed by atoms with Crippen molar-refractivity contribution < 1.29 is 15.0 Å². The molecule has 0 fully saturated rings. The molecule has 4 rings (SSSR count). The van der Waals surface area contributed by atoms with Gasteiger partial charge >= 0.3 is 5.69 Å². The summed E-state index contributed by atoms with van der Waals surface area (Å²) < 4.78 is 1.67. The normalized spacial score (nSPS) is 11.2. The lowest BCUT2D eigenvalue weighted by molar-refractivity contribution is -0.393. The van der Waals surface area contributed by atoms with E-state index in [2.05, 4.69) is 10.2 Å². The first-order chi connectivity index (χ1) is 15.0. The monoisotopic (exact) mass is 417 g/mol. The Morgan fingerprint density at radius 2 is 1.58 bits per heavy atom. The van der Waals surface area contributed by atoms with Gasteiger partial charge in [-0.15, -0.1) is 10.2 Å². The summed E-state index contributed by atoms with van der Waals surface area (Å²) in [7, 11) is 0. The first kappa shape index (κ1) is 19.7. The van der Waals surface area contributed by atoms with E-state index in [0.29, 0.717) is 11.9 Å². The molecule has 0 aliphatic carbocycles. The second-order valence-corrected chi connectivity index (χ2v) is 6.65. The Labute approximate surface area is 175 Å². The fourth-order valence-electron chi connectivity index (χ4n) is 3.26. The van der Waals surface area contributed by atoms with E-state index in [1.165, 1.54) is 0 Å². The molecule has 0 aliphatic heterocycles. The average Bonchev–Trinajstić information content (AvgIpc) is 3.03. The van der Waals surface area contributed by atoms with E-state index in [1.807, 2.05) is 42.5 Å². The van der Waals surface area contributed by atoms with Crippen LogP contribution in [0.3, 0.4) is 0 Å². The molecule has 0 spiro atoms. The molecular weight excluding hydrogens is 402 g/mol. The van der Waals surface area contributed by atoms with Crippen molar-refractivity contribution in [2.24, 2.45) is 10.2 Å². The van der Waals surface area contributed by atoms with Crippen molar-refractivity contribution in [1.82, 2.24) is 4.57 Å². The van der Waals surface area contributed by atoms with Gasteiger partial charge in [0.25, 0.3) is 5.69 Å². The lowest BCUT2D eigenvalue weighted by atomic mass is 10.2. The zero-order chi connectivity index (χ0) is 22.0. The lowest BCUT2D eigenvalue weighted by Crippen LogP contribution is -1.98. The van der Waals surface area contributed by atoms with E-state index in [9.17, 15) is 25.3 Å². The lowest BCUT2D eigenvalue weighted by Gasteiger charge is -2.06. The summed E-state index contributed by atoms with van der Waals surface area (Å²) >= 11 is 0. The van der Waals surface area contributed by atoms with Gasteiger partial charge in [-0.1, -0.05) is 48.5 Å². The van der Waals surface area contributed by atoms with Crippen LogP contribution in [0.1, 0.15) is 5.56 Å². The highest BCUT2D eigenvalue weighted by molar-refractivity contribution is 5.95. The predicted molar refractivity (Wildman–Crippen MR) is 113 cm³/mol. The summed E-state index contributed by atoms with van der Waals surface area (Å²) in [5, 5.41) is 41.7. The molecule has 0 amide bonds. The molecule has 31 heavy (non-hydrogen) atoms. The predicted octanol–water partition coefficient (Wildman–Crippen LogP) is 5.63. The summed E-state index contributed by atoms with van der Waals surface area (Å²) in [5.41, 5.74) is 0.705. The SMILES string of the molecule is O=[N+]([O-])c1ccc(N=Nc2c(O)n(Cc3ccccc3)c3ccccc23)c([N+](=O)[O-])c1. The number of fused-ring (bicyclic) bond motifs is 1. The summed E-state index contributed by atoms with van der Waals surface area (Å²) in [6.45, 7) is 0.389. The van der Waals surface area contributed by atoms with Crippen LogP contribution < -0.4 is 0 Å². The van der Waals surface area contributed by atoms with E-state index >= 15 is 0 Å². The maximum Gasteiger partial charge on any atom is 0.303 e. The van der Waals surface area contributed by atoms with Gasteiger partial charge in [-0.3, -0.25) is 20.2 Å². The number of aromatic nitrogens is 1. The minimum Gasteiger partial charge on any atom is -0.493 e. The Bertz CT molecular complexity index is 1330. The number of azo groups is 1. The molecule has 154 valence electrons. The second kappa shape index (κ2) is 8.03. The van der Waals surface area contributed by atoms with Gasteiger partial charge in [0.1, 0.15) is 0 Å². The Morgan fingerprint density at radius 1 is 0.871 bits per heavy atom. The van der Waals surface area contributed by atoms with Crippen molar-refractivity contribution in [1.29, 1.82) is 0 Å². The molecule has 10 heteroatoms. The van der Waals surface area contributed by atoms with Crippen molar-refractivity contribution in [3.05, 3.63) is 98.6 Å². The van der Waals surface area contributed by atoms with E-state index in [1.54, 1.807) is 16.7 Å². The van der Waals surface area contributed by atoms with Gasteiger partial charge in [-0.05, 0) is 17.7 Å². The molecule has 0 saturated carbocycles. The van der Waals surface area contributed by atoms with Crippen LogP contribution in [0.2, 0.25) is 0 Å². The molecule has 0 radical (unpaired) electrons. The van der Waals surface area contributed by atoms with Gasteiger partial charge in [0.05, 0.1) is 28.0 Å². The first-order valence-electron chi connectivity index (χ1n) is 9.14. The number of nitro benzene ring substituents is 2. The summed E-state index contributed by atoms with van der Waals surface area (Å²) in [5.74, 6) is -0.140. The number of rotatable bonds is 6. The largest absolute Gasteiger partial charge is 0.493 e. The fourth-order valence-corrected chi connectivity index (χ4v) is 3.26. The van der Waals surface area contributed by atoms with Crippen LogP contribution in [0.15, 0.2) is 83.0 Å². The Morgan fingerprint density at radius 3 is 2.29 bits per heavy atom. The van der Waals surface area contributed by atoms with Gasteiger partial charge in [-0.2, -0.15) is 0 Å². The molecule has 1 heterocycles. The summed E-state index contributed by atoms with van der Waals surface area (Å²) in [6, 6.07) is 19.8. The smallest absolute Gasteiger partial charge is 0.303 e. The van der Waals surface area contributed by atoms with Crippen molar-refractivity contribution in [3.63, 3.8) is 0 Å². The van der Waals surface area contributed by atoms with Gasteiger partial charge in [0.15, 0.2) is 11.4 Å². The number of hydrogen-bond donors (Lipinski definition) is 1. The van der Waals surface area contributed by atoms with Crippen molar-refractivity contribution in [2.75, 3.05) is 0 Å². The minimum atomic E-state index is -0.764. The quantitative estimate of drug-likeness (QED) is 0.246. The number of nitrogens with zero attached hydrogens (tertiary/aromatic N) is 5. The third kappa shape index (κ3) is 3.81. The average molecular weight is 417 g/mol. The van der Waals surface area contributed by atoms with E-state index in [4.69, 9.17) is 0 Å². The highest BCUT2D eigenvalue weighted by Crippen LogP contribution is 2.41. The van der Waals surface area contributed by atoms with Gasteiger partial charge in [-0.25, -0.2) is 0 Å². The molecule has 0 bridgehead atoms. The standard InChI is InChI=1S/C21H15N5O5/c27-21-20(23-22-17-11-10-15(25(28)29)12-19(17)26(30)31)16-8-4-5-9-18(16)24(21)13-14-6-2-1-3-7-14/h1-12,27H,13H2. The van der Waals surface area contributed by atoms with Gasteiger partial charge in [0.2, 0.25) is 5.88 Å². The van der Waals surface area contributed by atoms with Crippen LogP contribution in [-0.2, 0) is 6.54 Å². The number of hydrogen-bond acceptors (Lipinski definition) is 7. The Balaban J connectivity index is 1.79. The number of nitro groups is 2. The van der Waals surface area contributed by atoms with Crippen molar-refractivity contribution in [2.45, 2.75) is 6.54 Å². The number of para-hydroxylation sites is 1. The Hall–Kier alpha value is -4.60. The second-order valence-electron chi connectivity index (χ2n) is 6.65. The van der Waals surface area contributed by atoms with Crippen LogP contribution in [-0.4, -0.2) is 19.5 Å². The first-order valence-corrected chi connectivity index (χ1v) is 9.14. The fraction of sp³-hybridized carbons (Fsp3) is 0.0476. The molecule has 0 aliphatic rings. The zero-order valence-electron chi connectivity index (χ0n) is 16.0. The number of aromatic hydroxyl groups is 1. The van der Waals surface area contributed by atoms with E-state index < -0.39 is 21.2 Å². The van der Waals surface area contributed by atoms with Crippen LogP contribution in [0.25, 0.3) is 10.9 Å². The molecule has 4 aromatic rings. The number of benzene rings is 3. The van der Waals surface area contributed by atoms with E-state index in [-0.39, 0.29) is 17.3 Å². The van der Waals surface area contributed by atoms with Crippen LogP contribution >= 0.6 is 0 Å². The maximum absolute atomic E-state index is 11.3. The minimum absolute atomic E-state index is 0.140. The molecule has 1 aromatic heterocycles. The highest BCUT2D eigenvalue weighted by Gasteiger charge is 2.21. The molecule has 0 atom stereocenters. The molecule has 1 N–H and O–H groups in total. The van der Waals surface area contributed by atoms with Crippen LogP contribution in [0.5, 0.6) is 5.88 Å². The molecule has 0 saturated heterocycles. The van der Waals surface area contributed by atoms with E-state index in [0.717, 1.165) is 29.3 Å². The summed E-state index contributed by atoms with van der Waals surface area (Å²) in [6.07, 6.45) is 0. The Kier molecular flexibility index (Phi) is 5.10. The number of non-ortho nitro benzene ring substituents is 1. The van der Waals surface area contributed by atoms with Crippen LogP contribution in [0.4, 0.5) is 22.7 Å². The van der Waals surface area contributed by atoms with Gasteiger partial charge in [0, 0.05) is 11.5 Å². The van der Waals surface area contributed by atoms with Crippen molar-refractivity contribution >= 4 is 33.7 Å². The van der Waals surface area contributed by atoms with Gasteiger partial charge < -0.3 is 9.67 Å².